The number of rotatable bonds is 5. The lowest BCUT2D eigenvalue weighted by Gasteiger charge is -1.96. The summed E-state index contributed by atoms with van der Waals surface area (Å²) in [6.07, 6.45) is 1.87. The minimum atomic E-state index is 0.451. The molecule has 0 amide bonds. The molecule has 0 spiro atoms. The van der Waals surface area contributed by atoms with Gasteiger partial charge in [0.1, 0.15) is 6.29 Å². The monoisotopic (exact) mass is 247 g/mol. The summed E-state index contributed by atoms with van der Waals surface area (Å²) >= 11 is 5.12. The molecular weight excluding hydrogens is 238 g/mol. The highest BCUT2D eigenvalue weighted by molar-refractivity contribution is 9.10. The Balaban J connectivity index is 2.19. The minimum Gasteiger partial charge on any atom is -0.310 e. The van der Waals surface area contributed by atoms with Gasteiger partial charge in [-0.2, -0.15) is 0 Å². The lowest BCUT2D eigenvalue weighted by Crippen LogP contribution is -2.18. The molecule has 0 aliphatic heterocycles. The van der Waals surface area contributed by atoms with Crippen LogP contribution in [0.4, 0.5) is 0 Å². The first kappa shape index (κ1) is 9.89. The molecule has 0 saturated heterocycles. The molecule has 0 unspecified atom stereocenters. The van der Waals surface area contributed by atoms with Crippen LogP contribution in [-0.2, 0) is 11.2 Å². The molecule has 4 heteroatoms. The number of hydrogen-bond donors (Lipinski definition) is 1. The smallest absolute Gasteiger partial charge is 0.133 e. The van der Waals surface area contributed by atoms with Crippen molar-refractivity contribution in [3.05, 3.63) is 20.8 Å². The molecule has 1 aromatic rings. The standard InChI is InChI=1S/C8H10BrNOS/c9-7-5-8(12-6-7)1-2-10-3-4-11/h4-6,10H,1-3H2. The van der Waals surface area contributed by atoms with Gasteiger partial charge in [0, 0.05) is 21.3 Å². The Hall–Kier alpha value is -0.190. The van der Waals surface area contributed by atoms with Crippen molar-refractivity contribution in [2.24, 2.45) is 0 Å². The molecule has 1 heterocycles. The van der Waals surface area contributed by atoms with Crippen LogP contribution in [0, 0.1) is 0 Å². The predicted octanol–water partition coefficient (Wildman–Crippen LogP) is 1.84. The SMILES string of the molecule is O=CCNCCc1cc(Br)cs1. The van der Waals surface area contributed by atoms with E-state index in [0.29, 0.717) is 6.54 Å². The fraction of sp³-hybridized carbons (Fsp3) is 0.375. The average molecular weight is 248 g/mol. The van der Waals surface area contributed by atoms with Gasteiger partial charge in [0.2, 0.25) is 0 Å². The topological polar surface area (TPSA) is 29.1 Å². The van der Waals surface area contributed by atoms with Gasteiger partial charge >= 0.3 is 0 Å². The summed E-state index contributed by atoms with van der Waals surface area (Å²) in [7, 11) is 0. The van der Waals surface area contributed by atoms with Crippen molar-refractivity contribution >= 4 is 33.6 Å². The summed E-state index contributed by atoms with van der Waals surface area (Å²) in [5.74, 6) is 0. The molecule has 2 nitrogen and oxygen atoms in total. The van der Waals surface area contributed by atoms with Gasteiger partial charge < -0.3 is 10.1 Å². The highest BCUT2D eigenvalue weighted by Crippen LogP contribution is 2.19. The minimum absolute atomic E-state index is 0.451. The van der Waals surface area contributed by atoms with Gasteiger partial charge in [-0.1, -0.05) is 0 Å². The highest BCUT2D eigenvalue weighted by atomic mass is 79.9. The van der Waals surface area contributed by atoms with Crippen molar-refractivity contribution in [3.8, 4) is 0 Å². The van der Waals surface area contributed by atoms with Crippen LogP contribution in [0.25, 0.3) is 0 Å². The third-order valence-corrected chi connectivity index (χ3v) is 3.16. The predicted molar refractivity (Wildman–Crippen MR) is 54.7 cm³/mol. The van der Waals surface area contributed by atoms with Crippen LogP contribution in [0.5, 0.6) is 0 Å². The number of carbonyl (C=O) groups excluding carboxylic acids is 1. The van der Waals surface area contributed by atoms with Crippen molar-refractivity contribution in [3.63, 3.8) is 0 Å². The first-order valence-corrected chi connectivity index (χ1v) is 5.37. The van der Waals surface area contributed by atoms with E-state index in [2.05, 4.69) is 32.7 Å². The Bertz CT molecular complexity index is 249. The van der Waals surface area contributed by atoms with Crippen LogP contribution < -0.4 is 5.32 Å². The number of nitrogens with one attached hydrogen (secondary N) is 1. The molecule has 0 aromatic carbocycles. The van der Waals surface area contributed by atoms with Crippen molar-refractivity contribution in [1.82, 2.24) is 5.32 Å². The van der Waals surface area contributed by atoms with Crippen molar-refractivity contribution in [2.75, 3.05) is 13.1 Å². The normalized spacial score (nSPS) is 10.1. The van der Waals surface area contributed by atoms with E-state index in [1.54, 1.807) is 11.3 Å². The van der Waals surface area contributed by atoms with Gasteiger partial charge in [-0.25, -0.2) is 0 Å². The second kappa shape index (κ2) is 5.45. The van der Waals surface area contributed by atoms with Crippen LogP contribution >= 0.6 is 27.3 Å². The van der Waals surface area contributed by atoms with Crippen molar-refractivity contribution in [2.45, 2.75) is 6.42 Å². The van der Waals surface area contributed by atoms with Crippen LogP contribution in [0.2, 0.25) is 0 Å². The maximum absolute atomic E-state index is 9.95. The first-order chi connectivity index (χ1) is 5.83. The molecule has 0 fully saturated rings. The molecule has 0 aliphatic carbocycles. The van der Waals surface area contributed by atoms with E-state index in [1.807, 2.05) is 0 Å². The fourth-order valence-corrected chi connectivity index (χ4v) is 2.31. The van der Waals surface area contributed by atoms with Crippen molar-refractivity contribution < 1.29 is 4.79 Å². The fourth-order valence-electron chi connectivity index (χ4n) is 0.857. The maximum Gasteiger partial charge on any atom is 0.133 e. The van der Waals surface area contributed by atoms with Crippen LogP contribution in [0.3, 0.4) is 0 Å². The maximum atomic E-state index is 9.95. The molecule has 0 aliphatic rings. The highest BCUT2D eigenvalue weighted by Gasteiger charge is 1.95. The second-order valence-corrected chi connectivity index (χ2v) is 4.26. The molecular formula is C8H10BrNOS. The summed E-state index contributed by atoms with van der Waals surface area (Å²) in [6, 6.07) is 2.10. The summed E-state index contributed by atoms with van der Waals surface area (Å²) in [6.45, 7) is 1.32. The van der Waals surface area contributed by atoms with E-state index in [-0.39, 0.29) is 0 Å². The quantitative estimate of drug-likeness (QED) is 0.636. The molecule has 1 aromatic heterocycles. The number of aldehydes is 1. The molecule has 1 rings (SSSR count). The van der Waals surface area contributed by atoms with E-state index in [0.717, 1.165) is 23.7 Å². The molecule has 0 bridgehead atoms. The molecule has 0 atom stereocenters. The molecule has 12 heavy (non-hydrogen) atoms. The zero-order chi connectivity index (χ0) is 8.81. The van der Waals surface area contributed by atoms with Crippen LogP contribution in [0.15, 0.2) is 15.9 Å². The summed E-state index contributed by atoms with van der Waals surface area (Å²) in [4.78, 5) is 11.3. The Labute approximate surface area is 84.1 Å². The van der Waals surface area contributed by atoms with E-state index >= 15 is 0 Å². The van der Waals surface area contributed by atoms with Crippen LogP contribution in [-0.4, -0.2) is 19.4 Å². The van der Waals surface area contributed by atoms with E-state index in [4.69, 9.17) is 0 Å². The third-order valence-electron chi connectivity index (χ3n) is 1.40. The Kier molecular flexibility index (Phi) is 4.50. The van der Waals surface area contributed by atoms with Crippen LogP contribution in [0.1, 0.15) is 4.88 Å². The summed E-state index contributed by atoms with van der Waals surface area (Å²) < 4.78 is 1.14. The van der Waals surface area contributed by atoms with Gasteiger partial charge in [-0.05, 0) is 28.4 Å². The second-order valence-electron chi connectivity index (χ2n) is 2.35. The Morgan fingerprint density at radius 2 is 2.50 bits per heavy atom. The molecule has 0 radical (unpaired) electrons. The van der Waals surface area contributed by atoms with Gasteiger partial charge in [0.05, 0.1) is 6.54 Å². The number of carbonyl (C=O) groups is 1. The molecule has 1 N–H and O–H groups in total. The van der Waals surface area contributed by atoms with Gasteiger partial charge in [0.15, 0.2) is 0 Å². The lowest BCUT2D eigenvalue weighted by atomic mass is 10.3. The lowest BCUT2D eigenvalue weighted by molar-refractivity contribution is -0.107. The average Bonchev–Trinajstić information content (AvgIpc) is 2.45. The van der Waals surface area contributed by atoms with Gasteiger partial charge in [0.25, 0.3) is 0 Å². The van der Waals surface area contributed by atoms with E-state index in [1.165, 1.54) is 4.88 Å². The van der Waals surface area contributed by atoms with E-state index < -0.39 is 0 Å². The Morgan fingerprint density at radius 3 is 3.08 bits per heavy atom. The summed E-state index contributed by atoms with van der Waals surface area (Å²) in [5.41, 5.74) is 0. The number of thiophene rings is 1. The van der Waals surface area contributed by atoms with Crippen molar-refractivity contribution in [1.29, 1.82) is 0 Å². The van der Waals surface area contributed by atoms with Gasteiger partial charge in [-0.15, -0.1) is 11.3 Å². The molecule has 66 valence electrons. The molecule has 0 saturated carbocycles. The van der Waals surface area contributed by atoms with E-state index in [9.17, 15) is 4.79 Å². The first-order valence-electron chi connectivity index (χ1n) is 3.70. The third kappa shape index (κ3) is 3.47. The zero-order valence-corrected chi connectivity index (χ0v) is 8.95. The number of hydrogen-bond acceptors (Lipinski definition) is 3. The zero-order valence-electron chi connectivity index (χ0n) is 6.55. The van der Waals surface area contributed by atoms with Gasteiger partial charge in [-0.3, -0.25) is 0 Å². The summed E-state index contributed by atoms with van der Waals surface area (Å²) in [5, 5.41) is 5.08. The Morgan fingerprint density at radius 1 is 1.67 bits per heavy atom. The number of halogens is 1. The largest absolute Gasteiger partial charge is 0.310 e.